The van der Waals surface area contributed by atoms with Crippen LogP contribution in [0.2, 0.25) is 0 Å². The van der Waals surface area contributed by atoms with Crippen LogP contribution in [-0.2, 0) is 0 Å². The topological polar surface area (TPSA) is 3.24 Å². The zero-order valence-electron chi connectivity index (χ0n) is 9.41. The Morgan fingerprint density at radius 1 is 1.27 bits per heavy atom. The summed E-state index contributed by atoms with van der Waals surface area (Å²) in [7, 11) is 0. The number of benzene rings is 1. The van der Waals surface area contributed by atoms with Gasteiger partial charge < -0.3 is 0 Å². The molecule has 0 spiro atoms. The second kappa shape index (κ2) is 4.31. The minimum absolute atomic E-state index is 0.146. The molecule has 1 aromatic carbocycles. The van der Waals surface area contributed by atoms with Gasteiger partial charge in [0.2, 0.25) is 0 Å². The molecule has 2 heteroatoms. The molecule has 0 radical (unpaired) electrons. The lowest BCUT2D eigenvalue weighted by Gasteiger charge is -2.28. The molecule has 15 heavy (non-hydrogen) atoms. The van der Waals surface area contributed by atoms with E-state index in [0.717, 1.165) is 0 Å². The Bertz CT molecular complexity index is 318. The zero-order valence-corrected chi connectivity index (χ0v) is 9.41. The molecule has 1 saturated heterocycles. The summed E-state index contributed by atoms with van der Waals surface area (Å²) < 4.78 is 12.8. The molecule has 1 fully saturated rings. The van der Waals surface area contributed by atoms with Crippen molar-refractivity contribution in [3.8, 4) is 0 Å². The first-order valence-corrected chi connectivity index (χ1v) is 5.69. The molecule has 2 rings (SSSR count). The van der Waals surface area contributed by atoms with E-state index < -0.39 is 0 Å². The van der Waals surface area contributed by atoms with Crippen LogP contribution < -0.4 is 0 Å². The molecule has 1 aliphatic heterocycles. The van der Waals surface area contributed by atoms with E-state index in [1.165, 1.54) is 24.9 Å². The van der Waals surface area contributed by atoms with E-state index in [1.807, 2.05) is 12.1 Å². The van der Waals surface area contributed by atoms with E-state index in [9.17, 15) is 4.39 Å². The number of hydrogen-bond donors (Lipinski definition) is 0. The van der Waals surface area contributed by atoms with Crippen molar-refractivity contribution in [2.24, 2.45) is 0 Å². The van der Waals surface area contributed by atoms with E-state index in [1.54, 1.807) is 12.1 Å². The van der Waals surface area contributed by atoms with E-state index >= 15 is 0 Å². The Hall–Kier alpha value is -0.890. The minimum Gasteiger partial charge on any atom is -0.294 e. The number of halogens is 1. The summed E-state index contributed by atoms with van der Waals surface area (Å²) in [5, 5.41) is 0. The van der Waals surface area contributed by atoms with Gasteiger partial charge in [0.15, 0.2) is 0 Å². The van der Waals surface area contributed by atoms with Gasteiger partial charge in [0.1, 0.15) is 5.82 Å². The van der Waals surface area contributed by atoms with Gasteiger partial charge in [0, 0.05) is 12.1 Å². The van der Waals surface area contributed by atoms with Crippen molar-refractivity contribution in [1.82, 2.24) is 4.90 Å². The van der Waals surface area contributed by atoms with Gasteiger partial charge in [-0.25, -0.2) is 4.39 Å². The fourth-order valence-electron chi connectivity index (χ4n) is 2.45. The van der Waals surface area contributed by atoms with Crippen LogP contribution in [0.15, 0.2) is 24.3 Å². The van der Waals surface area contributed by atoms with Gasteiger partial charge in [-0.3, -0.25) is 4.90 Å². The van der Waals surface area contributed by atoms with Crippen LogP contribution in [0.1, 0.15) is 38.3 Å². The smallest absolute Gasteiger partial charge is 0.123 e. The Labute approximate surface area is 90.9 Å². The minimum atomic E-state index is -0.146. The second-order valence-corrected chi connectivity index (χ2v) is 4.54. The summed E-state index contributed by atoms with van der Waals surface area (Å²) in [4.78, 5) is 2.49. The molecule has 0 unspecified atom stereocenters. The maximum absolute atomic E-state index is 12.8. The van der Waals surface area contributed by atoms with Gasteiger partial charge in [-0.2, -0.15) is 0 Å². The van der Waals surface area contributed by atoms with E-state index in [4.69, 9.17) is 0 Å². The highest BCUT2D eigenvalue weighted by atomic mass is 19.1. The van der Waals surface area contributed by atoms with Gasteiger partial charge in [0.05, 0.1) is 0 Å². The second-order valence-electron chi connectivity index (χ2n) is 4.54. The van der Waals surface area contributed by atoms with Crippen molar-refractivity contribution in [1.29, 1.82) is 0 Å². The van der Waals surface area contributed by atoms with Crippen LogP contribution in [0.3, 0.4) is 0 Å². The molecule has 1 nitrogen and oxygen atoms in total. The summed E-state index contributed by atoms with van der Waals surface area (Å²) in [6, 6.07) is 8.02. The SMILES string of the molecule is CC(C)N1CCC[C@H]1c1ccc(F)cc1. The predicted molar refractivity (Wildman–Crippen MR) is 60.2 cm³/mol. The average Bonchev–Trinajstić information content (AvgIpc) is 2.67. The standard InChI is InChI=1S/C13H18FN/c1-10(2)15-9-3-4-13(15)11-5-7-12(14)8-6-11/h5-8,10,13H,3-4,9H2,1-2H3/t13-/m0/s1. The maximum atomic E-state index is 12.8. The van der Waals surface area contributed by atoms with Crippen LogP contribution in [0, 0.1) is 5.82 Å². The van der Waals surface area contributed by atoms with Crippen molar-refractivity contribution >= 4 is 0 Å². The largest absolute Gasteiger partial charge is 0.294 e. The monoisotopic (exact) mass is 207 g/mol. The quantitative estimate of drug-likeness (QED) is 0.718. The van der Waals surface area contributed by atoms with E-state index in [-0.39, 0.29) is 5.82 Å². The molecule has 0 aliphatic carbocycles. The Kier molecular flexibility index (Phi) is 3.06. The Morgan fingerprint density at radius 2 is 1.93 bits per heavy atom. The van der Waals surface area contributed by atoms with Crippen LogP contribution in [-0.4, -0.2) is 17.5 Å². The molecule has 0 N–H and O–H groups in total. The molecule has 0 amide bonds. The number of hydrogen-bond acceptors (Lipinski definition) is 1. The highest BCUT2D eigenvalue weighted by Gasteiger charge is 2.27. The van der Waals surface area contributed by atoms with E-state index in [0.29, 0.717) is 12.1 Å². The third kappa shape index (κ3) is 2.20. The molecule has 0 aromatic heterocycles. The summed E-state index contributed by atoms with van der Waals surface area (Å²) in [5.74, 6) is -0.146. The maximum Gasteiger partial charge on any atom is 0.123 e. The fraction of sp³-hybridized carbons (Fsp3) is 0.538. The van der Waals surface area contributed by atoms with Gasteiger partial charge in [-0.1, -0.05) is 12.1 Å². The summed E-state index contributed by atoms with van der Waals surface area (Å²) in [6.07, 6.45) is 2.45. The molecule has 1 heterocycles. The zero-order chi connectivity index (χ0) is 10.8. The summed E-state index contributed by atoms with van der Waals surface area (Å²) in [6.45, 7) is 5.61. The number of likely N-dealkylation sites (tertiary alicyclic amines) is 1. The molecular formula is C13H18FN. The molecular weight excluding hydrogens is 189 g/mol. The van der Waals surface area contributed by atoms with Gasteiger partial charge in [0.25, 0.3) is 0 Å². The molecule has 1 atom stereocenters. The van der Waals surface area contributed by atoms with Crippen molar-refractivity contribution < 1.29 is 4.39 Å². The van der Waals surface area contributed by atoms with Crippen LogP contribution in [0.25, 0.3) is 0 Å². The molecule has 1 aliphatic rings. The number of rotatable bonds is 2. The predicted octanol–water partition coefficient (Wildman–Crippen LogP) is 3.37. The highest BCUT2D eigenvalue weighted by Crippen LogP contribution is 2.33. The van der Waals surface area contributed by atoms with Crippen LogP contribution in [0.4, 0.5) is 4.39 Å². The summed E-state index contributed by atoms with van der Waals surface area (Å²) in [5.41, 5.74) is 1.25. The highest BCUT2D eigenvalue weighted by molar-refractivity contribution is 5.21. The molecule has 1 aromatic rings. The fourth-order valence-corrected chi connectivity index (χ4v) is 2.45. The van der Waals surface area contributed by atoms with Crippen LogP contribution >= 0.6 is 0 Å². The lowest BCUT2D eigenvalue weighted by atomic mass is 10.0. The van der Waals surface area contributed by atoms with Crippen molar-refractivity contribution in [2.75, 3.05) is 6.54 Å². The average molecular weight is 207 g/mol. The summed E-state index contributed by atoms with van der Waals surface area (Å²) >= 11 is 0. The first kappa shape index (κ1) is 10.6. The lowest BCUT2D eigenvalue weighted by molar-refractivity contribution is 0.205. The Balaban J connectivity index is 2.19. The third-order valence-corrected chi connectivity index (χ3v) is 3.21. The number of nitrogens with zero attached hydrogens (tertiary/aromatic N) is 1. The van der Waals surface area contributed by atoms with Gasteiger partial charge in [-0.15, -0.1) is 0 Å². The van der Waals surface area contributed by atoms with E-state index in [2.05, 4.69) is 18.7 Å². The third-order valence-electron chi connectivity index (χ3n) is 3.21. The first-order chi connectivity index (χ1) is 7.18. The van der Waals surface area contributed by atoms with Crippen molar-refractivity contribution in [3.63, 3.8) is 0 Å². The first-order valence-electron chi connectivity index (χ1n) is 5.69. The molecule has 0 bridgehead atoms. The molecule has 82 valence electrons. The van der Waals surface area contributed by atoms with Crippen molar-refractivity contribution in [3.05, 3.63) is 35.6 Å². The lowest BCUT2D eigenvalue weighted by Crippen LogP contribution is -2.30. The van der Waals surface area contributed by atoms with Crippen molar-refractivity contribution in [2.45, 2.75) is 38.8 Å². The normalized spacial score (nSPS) is 22.5. The van der Waals surface area contributed by atoms with Gasteiger partial charge in [-0.05, 0) is 50.9 Å². The van der Waals surface area contributed by atoms with Crippen LogP contribution in [0.5, 0.6) is 0 Å². The Morgan fingerprint density at radius 3 is 2.53 bits per heavy atom. The molecule has 0 saturated carbocycles. The van der Waals surface area contributed by atoms with Gasteiger partial charge >= 0.3 is 0 Å².